The topological polar surface area (TPSA) is 171 Å². The molecule has 4 atom stereocenters. The smallest absolute Gasteiger partial charge is 0.327 e. The fourth-order valence-electron chi connectivity index (χ4n) is 2.29. The van der Waals surface area contributed by atoms with Gasteiger partial charge in [0.1, 0.15) is 18.1 Å². The Labute approximate surface area is 173 Å². The lowest BCUT2D eigenvalue weighted by atomic mass is 10.0. The molecule has 0 aromatic heterocycles. The Morgan fingerprint density at radius 1 is 0.966 bits per heavy atom. The van der Waals surface area contributed by atoms with E-state index in [1.807, 2.05) is 0 Å². The molecule has 0 spiro atoms. The van der Waals surface area contributed by atoms with Gasteiger partial charge in [-0.3, -0.25) is 14.4 Å². The second-order valence-electron chi connectivity index (χ2n) is 6.37. The van der Waals surface area contributed by atoms with E-state index in [9.17, 15) is 24.3 Å². The maximum atomic E-state index is 12.6. The summed E-state index contributed by atoms with van der Waals surface area (Å²) in [6.45, 7) is 0.704. The average Bonchev–Trinajstić information content (AvgIpc) is 2.69. The summed E-state index contributed by atoms with van der Waals surface area (Å²) in [7, 11) is 0. The zero-order chi connectivity index (χ0) is 22.0. The van der Waals surface area contributed by atoms with Crippen molar-refractivity contribution in [3.8, 4) is 0 Å². The monoisotopic (exact) mass is 426 g/mol. The Hall–Kier alpha value is -2.63. The van der Waals surface area contributed by atoms with Crippen LogP contribution >= 0.6 is 12.6 Å². The number of carboxylic acids is 1. The average molecular weight is 426 g/mol. The molecule has 0 aliphatic carbocycles. The predicted molar refractivity (Wildman–Crippen MR) is 108 cm³/mol. The maximum Gasteiger partial charge on any atom is 0.327 e. The molecule has 0 heterocycles. The summed E-state index contributed by atoms with van der Waals surface area (Å²) in [5.41, 5.74) is 6.15. The number of carboxylic acid groups (broad SMARTS) is 1. The van der Waals surface area contributed by atoms with Crippen molar-refractivity contribution in [2.45, 2.75) is 37.5 Å². The third-order valence-corrected chi connectivity index (χ3v) is 4.31. The van der Waals surface area contributed by atoms with Gasteiger partial charge >= 0.3 is 5.97 Å². The molecule has 1 aromatic carbocycles. The van der Waals surface area contributed by atoms with Crippen molar-refractivity contribution >= 4 is 36.3 Å². The zero-order valence-corrected chi connectivity index (χ0v) is 16.8. The van der Waals surface area contributed by atoms with Crippen LogP contribution in [-0.2, 0) is 25.6 Å². The molecule has 29 heavy (non-hydrogen) atoms. The summed E-state index contributed by atoms with van der Waals surface area (Å²) < 4.78 is 0. The summed E-state index contributed by atoms with van der Waals surface area (Å²) in [5, 5.41) is 25.6. The third kappa shape index (κ3) is 8.10. The lowest BCUT2D eigenvalue weighted by Crippen LogP contribution is -2.58. The Kier molecular flexibility index (Phi) is 10.1. The molecule has 11 heteroatoms. The van der Waals surface area contributed by atoms with Crippen molar-refractivity contribution in [2.75, 3.05) is 12.4 Å². The quantitative estimate of drug-likeness (QED) is 0.201. The van der Waals surface area contributed by atoms with Gasteiger partial charge < -0.3 is 31.9 Å². The number of hydrogen-bond acceptors (Lipinski definition) is 7. The first-order valence-corrected chi connectivity index (χ1v) is 9.48. The number of nitrogens with one attached hydrogen (secondary N) is 3. The minimum atomic E-state index is -1.32. The van der Waals surface area contributed by atoms with E-state index in [0.717, 1.165) is 0 Å². The second kappa shape index (κ2) is 12.0. The lowest BCUT2D eigenvalue weighted by molar-refractivity contribution is -0.141. The van der Waals surface area contributed by atoms with Gasteiger partial charge in [-0.25, -0.2) is 4.79 Å². The largest absolute Gasteiger partial charge is 0.480 e. The van der Waals surface area contributed by atoms with Crippen LogP contribution in [0.15, 0.2) is 30.3 Å². The van der Waals surface area contributed by atoms with E-state index in [0.29, 0.717) is 5.56 Å². The number of aliphatic carboxylic acids is 1. The van der Waals surface area contributed by atoms with Gasteiger partial charge in [0.05, 0.1) is 12.6 Å². The van der Waals surface area contributed by atoms with E-state index in [2.05, 4.69) is 28.6 Å². The molecular formula is C18H26N4O6S. The molecule has 1 aromatic rings. The number of rotatable bonds is 11. The number of thiol groups is 1. The van der Waals surface area contributed by atoms with Crippen molar-refractivity contribution in [3.05, 3.63) is 35.9 Å². The van der Waals surface area contributed by atoms with Crippen LogP contribution in [0.1, 0.15) is 12.5 Å². The van der Waals surface area contributed by atoms with Crippen LogP contribution in [0.5, 0.6) is 0 Å². The first-order valence-electron chi connectivity index (χ1n) is 8.84. The van der Waals surface area contributed by atoms with Crippen LogP contribution in [0.4, 0.5) is 0 Å². The van der Waals surface area contributed by atoms with Gasteiger partial charge in [-0.15, -0.1) is 0 Å². The van der Waals surface area contributed by atoms with Crippen molar-refractivity contribution in [1.29, 1.82) is 0 Å². The van der Waals surface area contributed by atoms with Crippen LogP contribution in [0.2, 0.25) is 0 Å². The van der Waals surface area contributed by atoms with Gasteiger partial charge in [-0.1, -0.05) is 30.3 Å². The molecule has 0 saturated carbocycles. The zero-order valence-electron chi connectivity index (χ0n) is 15.9. The summed E-state index contributed by atoms with van der Waals surface area (Å²) in [6.07, 6.45) is 0.0662. The fourth-order valence-corrected chi connectivity index (χ4v) is 2.53. The normalized spacial score (nSPS) is 14.8. The van der Waals surface area contributed by atoms with E-state index in [-0.39, 0.29) is 12.2 Å². The van der Waals surface area contributed by atoms with E-state index >= 15 is 0 Å². The molecule has 0 radical (unpaired) electrons. The highest BCUT2D eigenvalue weighted by Gasteiger charge is 2.29. The Morgan fingerprint density at radius 3 is 1.97 bits per heavy atom. The van der Waals surface area contributed by atoms with Crippen LogP contribution in [-0.4, -0.2) is 70.4 Å². The van der Waals surface area contributed by atoms with Gasteiger partial charge in [0.15, 0.2) is 0 Å². The number of aliphatic hydroxyl groups excluding tert-OH is 1. The van der Waals surface area contributed by atoms with Gasteiger partial charge in [-0.2, -0.15) is 12.6 Å². The van der Waals surface area contributed by atoms with E-state index in [4.69, 9.17) is 10.8 Å². The number of amides is 3. The molecule has 0 aliphatic rings. The summed E-state index contributed by atoms with van der Waals surface area (Å²) in [4.78, 5) is 48.0. The standard InChI is InChI=1S/C18H26N4O6S/c1-10(19)15(24)21-13(8-23)17(26)20-12(7-11-5-3-2-4-6-11)16(25)22-14(9-29)18(27)28/h2-6,10,12-14,23,29H,7-9,19H2,1H3,(H,20,26)(H,21,24)(H,22,25)(H,27,28). The highest BCUT2D eigenvalue weighted by Crippen LogP contribution is 2.05. The Bertz CT molecular complexity index is 716. The van der Waals surface area contributed by atoms with Gasteiger partial charge in [0.25, 0.3) is 0 Å². The van der Waals surface area contributed by atoms with Gasteiger partial charge in [-0.05, 0) is 12.5 Å². The number of nitrogens with two attached hydrogens (primary N) is 1. The lowest BCUT2D eigenvalue weighted by Gasteiger charge is -2.24. The molecule has 0 saturated heterocycles. The minimum Gasteiger partial charge on any atom is -0.480 e. The van der Waals surface area contributed by atoms with Gasteiger partial charge in [0, 0.05) is 12.2 Å². The molecule has 0 bridgehead atoms. The number of hydrogen-bond donors (Lipinski definition) is 7. The first kappa shape index (κ1) is 24.4. The number of carbonyl (C=O) groups excluding carboxylic acids is 3. The second-order valence-corrected chi connectivity index (χ2v) is 6.73. The highest BCUT2D eigenvalue weighted by molar-refractivity contribution is 7.80. The molecule has 10 nitrogen and oxygen atoms in total. The van der Waals surface area contributed by atoms with Crippen molar-refractivity contribution in [2.24, 2.45) is 5.73 Å². The molecular weight excluding hydrogens is 400 g/mol. The number of aliphatic hydroxyl groups is 1. The summed E-state index contributed by atoms with van der Waals surface area (Å²) >= 11 is 3.90. The predicted octanol–water partition coefficient (Wildman–Crippen LogP) is -1.96. The maximum absolute atomic E-state index is 12.6. The van der Waals surface area contributed by atoms with Crippen LogP contribution < -0.4 is 21.7 Å². The molecule has 160 valence electrons. The molecule has 1 rings (SSSR count). The SMILES string of the molecule is CC(N)C(=O)NC(CO)C(=O)NC(Cc1ccccc1)C(=O)NC(CS)C(=O)O. The molecule has 3 amide bonds. The van der Waals surface area contributed by atoms with E-state index in [1.54, 1.807) is 30.3 Å². The Morgan fingerprint density at radius 2 is 1.48 bits per heavy atom. The molecule has 4 unspecified atom stereocenters. The van der Waals surface area contributed by atoms with Crippen molar-refractivity contribution in [1.82, 2.24) is 16.0 Å². The summed E-state index contributed by atoms with van der Waals surface area (Å²) in [5.74, 6) is -3.61. The van der Waals surface area contributed by atoms with Crippen LogP contribution in [0.25, 0.3) is 0 Å². The molecule has 0 fully saturated rings. The minimum absolute atomic E-state index is 0.0662. The van der Waals surface area contributed by atoms with Gasteiger partial charge in [0.2, 0.25) is 17.7 Å². The van der Waals surface area contributed by atoms with Crippen LogP contribution in [0, 0.1) is 0 Å². The highest BCUT2D eigenvalue weighted by atomic mass is 32.1. The van der Waals surface area contributed by atoms with Crippen LogP contribution in [0.3, 0.4) is 0 Å². The number of benzene rings is 1. The third-order valence-electron chi connectivity index (χ3n) is 3.94. The summed E-state index contributed by atoms with van der Waals surface area (Å²) in [6, 6.07) is 4.15. The first-order chi connectivity index (χ1) is 13.7. The van der Waals surface area contributed by atoms with E-state index in [1.165, 1.54) is 6.92 Å². The Balaban J connectivity index is 2.97. The molecule has 7 N–H and O–H groups in total. The van der Waals surface area contributed by atoms with Crippen molar-refractivity contribution < 1.29 is 29.4 Å². The molecule has 0 aliphatic heterocycles. The fraction of sp³-hybridized carbons (Fsp3) is 0.444. The number of carbonyl (C=O) groups is 4. The van der Waals surface area contributed by atoms with Crippen molar-refractivity contribution in [3.63, 3.8) is 0 Å². The van der Waals surface area contributed by atoms with E-state index < -0.39 is 54.5 Å².